The van der Waals surface area contributed by atoms with Gasteiger partial charge in [-0.2, -0.15) is 0 Å². The second-order valence-electron chi connectivity index (χ2n) is 5.50. The van der Waals surface area contributed by atoms with Gasteiger partial charge in [-0.1, -0.05) is 28.1 Å². The van der Waals surface area contributed by atoms with Gasteiger partial charge in [0.1, 0.15) is 6.33 Å². The van der Waals surface area contributed by atoms with E-state index in [1.54, 1.807) is 11.0 Å². The van der Waals surface area contributed by atoms with E-state index < -0.39 is 0 Å². The van der Waals surface area contributed by atoms with Crippen LogP contribution in [-0.4, -0.2) is 20.7 Å². The molecule has 0 fully saturated rings. The van der Waals surface area contributed by atoms with Crippen molar-refractivity contribution in [3.63, 3.8) is 0 Å². The molecule has 20 heavy (non-hydrogen) atoms. The monoisotopic (exact) mass is 336 g/mol. The molecule has 106 valence electrons. The molecule has 0 unspecified atom stereocenters. The lowest BCUT2D eigenvalue weighted by molar-refractivity contribution is 0.0939. The van der Waals surface area contributed by atoms with Crippen LogP contribution in [0.15, 0.2) is 35.1 Å². The Labute approximate surface area is 126 Å². The van der Waals surface area contributed by atoms with E-state index in [0.29, 0.717) is 6.54 Å². The topological polar surface area (TPSA) is 59.8 Å². The summed E-state index contributed by atoms with van der Waals surface area (Å²) in [5.74, 6) is -0.0807. The molecule has 0 aliphatic carbocycles. The second kappa shape index (κ2) is 5.75. The lowest BCUT2D eigenvalue weighted by Gasteiger charge is -2.17. The first-order valence-electron chi connectivity index (χ1n) is 6.31. The van der Waals surface area contributed by atoms with Crippen molar-refractivity contribution in [2.45, 2.75) is 32.9 Å². The van der Waals surface area contributed by atoms with E-state index in [4.69, 9.17) is 0 Å². The molecular weight excluding hydrogens is 320 g/mol. The zero-order valence-corrected chi connectivity index (χ0v) is 13.3. The second-order valence-corrected chi connectivity index (χ2v) is 6.41. The Hall–Kier alpha value is -1.69. The van der Waals surface area contributed by atoms with E-state index in [2.05, 4.69) is 31.3 Å². The summed E-state index contributed by atoms with van der Waals surface area (Å²) in [6, 6.07) is 7.78. The van der Waals surface area contributed by atoms with Gasteiger partial charge in [0.05, 0.1) is 5.54 Å². The van der Waals surface area contributed by atoms with Crippen LogP contribution in [0.1, 0.15) is 37.0 Å². The van der Waals surface area contributed by atoms with Crippen molar-refractivity contribution in [1.29, 1.82) is 0 Å². The van der Waals surface area contributed by atoms with Gasteiger partial charge < -0.3 is 5.32 Å². The Kier molecular flexibility index (Phi) is 4.23. The lowest BCUT2D eigenvalue weighted by Crippen LogP contribution is -2.26. The molecule has 1 aromatic heterocycles. The number of benzene rings is 1. The number of nitrogens with zero attached hydrogens (tertiary/aromatic N) is 3. The fourth-order valence-electron chi connectivity index (χ4n) is 1.60. The molecule has 0 saturated carbocycles. The maximum atomic E-state index is 12.0. The third-order valence-electron chi connectivity index (χ3n) is 2.72. The highest BCUT2D eigenvalue weighted by Gasteiger charge is 2.18. The molecule has 6 heteroatoms. The first-order chi connectivity index (χ1) is 9.36. The van der Waals surface area contributed by atoms with E-state index >= 15 is 0 Å². The maximum Gasteiger partial charge on any atom is 0.291 e. The Balaban J connectivity index is 2.00. The zero-order valence-electron chi connectivity index (χ0n) is 11.7. The third kappa shape index (κ3) is 3.66. The minimum Gasteiger partial charge on any atom is -0.345 e. The predicted molar refractivity (Wildman–Crippen MR) is 80.3 cm³/mol. The molecule has 1 N–H and O–H groups in total. The van der Waals surface area contributed by atoms with Crippen molar-refractivity contribution in [2.75, 3.05) is 0 Å². The largest absolute Gasteiger partial charge is 0.345 e. The third-order valence-corrected chi connectivity index (χ3v) is 3.22. The smallest absolute Gasteiger partial charge is 0.291 e. The number of hydrogen-bond donors (Lipinski definition) is 1. The van der Waals surface area contributed by atoms with Crippen molar-refractivity contribution in [3.8, 4) is 0 Å². The van der Waals surface area contributed by atoms with Crippen LogP contribution in [0.5, 0.6) is 0 Å². The van der Waals surface area contributed by atoms with Gasteiger partial charge in [-0.15, -0.1) is 5.10 Å². The number of carbonyl (C=O) groups is 1. The molecule has 0 aliphatic heterocycles. The number of rotatable bonds is 3. The maximum absolute atomic E-state index is 12.0. The molecule has 1 aromatic carbocycles. The van der Waals surface area contributed by atoms with Crippen LogP contribution >= 0.6 is 15.9 Å². The Morgan fingerprint density at radius 1 is 1.40 bits per heavy atom. The standard InChI is InChI=1S/C14H17BrN4O/c1-14(2,3)19-9-17-12(18-19)13(20)16-8-10-5-4-6-11(15)7-10/h4-7,9H,8H2,1-3H3,(H,16,20). The number of nitrogens with one attached hydrogen (secondary N) is 1. The van der Waals surface area contributed by atoms with E-state index in [-0.39, 0.29) is 17.3 Å². The summed E-state index contributed by atoms with van der Waals surface area (Å²) in [5.41, 5.74) is 0.832. The first kappa shape index (κ1) is 14.7. The van der Waals surface area contributed by atoms with Gasteiger partial charge in [-0.3, -0.25) is 4.79 Å². The van der Waals surface area contributed by atoms with E-state index in [9.17, 15) is 4.79 Å². The number of aromatic nitrogens is 3. The quantitative estimate of drug-likeness (QED) is 0.937. The van der Waals surface area contributed by atoms with Crippen molar-refractivity contribution in [2.24, 2.45) is 0 Å². The molecule has 1 heterocycles. The summed E-state index contributed by atoms with van der Waals surface area (Å²) in [5, 5.41) is 7.00. The van der Waals surface area contributed by atoms with Crippen LogP contribution in [0.4, 0.5) is 0 Å². The highest BCUT2D eigenvalue weighted by molar-refractivity contribution is 9.10. The Morgan fingerprint density at radius 3 is 2.75 bits per heavy atom. The lowest BCUT2D eigenvalue weighted by atomic mass is 10.1. The summed E-state index contributed by atoms with van der Waals surface area (Å²) >= 11 is 3.40. The van der Waals surface area contributed by atoms with Crippen molar-refractivity contribution in [3.05, 3.63) is 46.5 Å². The minimum atomic E-state index is -0.270. The van der Waals surface area contributed by atoms with Crippen LogP contribution in [-0.2, 0) is 12.1 Å². The summed E-state index contributed by atoms with van der Waals surface area (Å²) < 4.78 is 2.67. The Bertz CT molecular complexity index is 616. The summed E-state index contributed by atoms with van der Waals surface area (Å²) in [6.07, 6.45) is 1.58. The molecule has 0 bridgehead atoms. The fourth-order valence-corrected chi connectivity index (χ4v) is 2.05. The average Bonchev–Trinajstić information content (AvgIpc) is 2.85. The molecule has 2 aromatic rings. The van der Waals surface area contributed by atoms with E-state index in [1.807, 2.05) is 45.0 Å². The van der Waals surface area contributed by atoms with Gasteiger partial charge in [0, 0.05) is 11.0 Å². The summed E-state index contributed by atoms with van der Waals surface area (Å²) in [7, 11) is 0. The predicted octanol–water partition coefficient (Wildman–Crippen LogP) is 2.73. The summed E-state index contributed by atoms with van der Waals surface area (Å²) in [4.78, 5) is 16.0. The van der Waals surface area contributed by atoms with Crippen LogP contribution < -0.4 is 5.32 Å². The van der Waals surface area contributed by atoms with Crippen LogP contribution in [0, 0.1) is 0 Å². The highest BCUT2D eigenvalue weighted by Crippen LogP contribution is 2.12. The number of hydrogen-bond acceptors (Lipinski definition) is 3. The van der Waals surface area contributed by atoms with Crippen molar-refractivity contribution >= 4 is 21.8 Å². The van der Waals surface area contributed by atoms with Gasteiger partial charge in [0.15, 0.2) is 0 Å². The molecule has 5 nitrogen and oxygen atoms in total. The molecular formula is C14H17BrN4O. The number of carbonyl (C=O) groups excluding carboxylic acids is 1. The molecule has 0 aliphatic rings. The molecule has 0 saturated heterocycles. The van der Waals surface area contributed by atoms with Gasteiger partial charge in [-0.25, -0.2) is 9.67 Å². The first-order valence-corrected chi connectivity index (χ1v) is 7.10. The fraction of sp³-hybridized carbons (Fsp3) is 0.357. The van der Waals surface area contributed by atoms with E-state index in [0.717, 1.165) is 10.0 Å². The molecule has 0 atom stereocenters. The number of halogens is 1. The van der Waals surface area contributed by atoms with E-state index in [1.165, 1.54) is 0 Å². The van der Waals surface area contributed by atoms with Crippen molar-refractivity contribution < 1.29 is 4.79 Å². The van der Waals surface area contributed by atoms with Gasteiger partial charge in [0.25, 0.3) is 5.91 Å². The SMILES string of the molecule is CC(C)(C)n1cnc(C(=O)NCc2cccc(Br)c2)n1. The number of amides is 1. The van der Waals surface area contributed by atoms with Gasteiger partial charge in [-0.05, 0) is 38.5 Å². The summed E-state index contributed by atoms with van der Waals surface area (Å²) in [6.45, 7) is 6.46. The molecule has 1 amide bonds. The van der Waals surface area contributed by atoms with Crippen LogP contribution in [0.25, 0.3) is 0 Å². The highest BCUT2D eigenvalue weighted by atomic mass is 79.9. The van der Waals surface area contributed by atoms with Crippen molar-refractivity contribution in [1.82, 2.24) is 20.1 Å². The van der Waals surface area contributed by atoms with Crippen LogP contribution in [0.2, 0.25) is 0 Å². The van der Waals surface area contributed by atoms with Gasteiger partial charge in [0.2, 0.25) is 5.82 Å². The molecule has 0 spiro atoms. The van der Waals surface area contributed by atoms with Crippen LogP contribution in [0.3, 0.4) is 0 Å². The zero-order chi connectivity index (χ0) is 14.8. The average molecular weight is 337 g/mol. The minimum absolute atomic E-state index is 0.185. The normalized spacial score (nSPS) is 11.4. The Morgan fingerprint density at radius 2 is 2.15 bits per heavy atom. The molecule has 0 radical (unpaired) electrons. The van der Waals surface area contributed by atoms with Gasteiger partial charge >= 0.3 is 0 Å². The molecule has 2 rings (SSSR count).